The summed E-state index contributed by atoms with van der Waals surface area (Å²) in [6, 6.07) is 1.90. The third-order valence-corrected chi connectivity index (χ3v) is 4.27. The van der Waals surface area contributed by atoms with E-state index in [0.717, 1.165) is 24.8 Å². The van der Waals surface area contributed by atoms with Crippen LogP contribution in [0.15, 0.2) is 46.3 Å². The zero-order chi connectivity index (χ0) is 19.4. The smallest absolute Gasteiger partial charge is 0.333 e. The normalized spacial score (nSPS) is 12.5. The number of carboxylic acid groups (broad SMARTS) is 1. The van der Waals surface area contributed by atoms with Crippen LogP contribution < -0.4 is 0 Å². The number of allylic oxidation sites excluding steroid dienone is 3. The molecule has 5 heteroatoms. The summed E-state index contributed by atoms with van der Waals surface area (Å²) < 4.78 is 9.85. The Hall–Kier alpha value is -2.30. The predicted molar refractivity (Wildman–Crippen MR) is 101 cm³/mol. The predicted octanol–water partition coefficient (Wildman–Crippen LogP) is 4.93. The van der Waals surface area contributed by atoms with Crippen molar-refractivity contribution in [2.75, 3.05) is 7.11 Å². The maximum absolute atomic E-state index is 11.9. The van der Waals surface area contributed by atoms with E-state index >= 15 is 0 Å². The SMILES string of the molecule is COC(=O)C(=CCC[C@@H](CCCc1ccoc1)C(=O)O)CCC=C(C)C. The van der Waals surface area contributed by atoms with Crippen molar-refractivity contribution < 1.29 is 23.8 Å². The first kappa shape index (κ1) is 21.7. The van der Waals surface area contributed by atoms with E-state index in [-0.39, 0.29) is 5.97 Å². The second-order valence-electron chi connectivity index (χ2n) is 6.68. The highest BCUT2D eigenvalue weighted by molar-refractivity contribution is 5.88. The van der Waals surface area contributed by atoms with Crippen molar-refractivity contribution in [1.82, 2.24) is 0 Å². The van der Waals surface area contributed by atoms with Crippen LogP contribution in [0.3, 0.4) is 0 Å². The maximum atomic E-state index is 11.9. The van der Waals surface area contributed by atoms with Gasteiger partial charge in [-0.3, -0.25) is 4.79 Å². The minimum Gasteiger partial charge on any atom is -0.481 e. The highest BCUT2D eigenvalue weighted by Gasteiger charge is 2.17. The first-order valence-electron chi connectivity index (χ1n) is 9.08. The van der Waals surface area contributed by atoms with Gasteiger partial charge in [0.2, 0.25) is 0 Å². The van der Waals surface area contributed by atoms with Crippen molar-refractivity contribution in [3.8, 4) is 0 Å². The molecule has 1 heterocycles. The van der Waals surface area contributed by atoms with E-state index in [1.807, 2.05) is 26.0 Å². The van der Waals surface area contributed by atoms with E-state index < -0.39 is 11.9 Å². The Morgan fingerprint density at radius 2 is 2.00 bits per heavy atom. The van der Waals surface area contributed by atoms with Crippen molar-refractivity contribution in [2.45, 2.75) is 58.8 Å². The minimum atomic E-state index is -0.783. The largest absolute Gasteiger partial charge is 0.481 e. The lowest BCUT2D eigenvalue weighted by Gasteiger charge is -2.11. The Kier molecular flexibility index (Phi) is 10.1. The van der Waals surface area contributed by atoms with Crippen LogP contribution in [0.4, 0.5) is 0 Å². The third kappa shape index (κ3) is 8.70. The van der Waals surface area contributed by atoms with E-state index in [1.165, 1.54) is 12.7 Å². The number of carbonyl (C=O) groups is 2. The van der Waals surface area contributed by atoms with E-state index in [1.54, 1.807) is 12.5 Å². The molecular weight excluding hydrogens is 332 g/mol. The first-order valence-corrected chi connectivity index (χ1v) is 9.08. The lowest BCUT2D eigenvalue weighted by atomic mass is 9.95. The van der Waals surface area contributed by atoms with Crippen molar-refractivity contribution in [3.63, 3.8) is 0 Å². The summed E-state index contributed by atoms with van der Waals surface area (Å²) in [5.41, 5.74) is 2.91. The van der Waals surface area contributed by atoms with Crippen molar-refractivity contribution in [1.29, 1.82) is 0 Å². The number of aliphatic carboxylic acids is 1. The Bertz CT molecular complexity index is 606. The molecule has 26 heavy (non-hydrogen) atoms. The first-order chi connectivity index (χ1) is 12.4. The Morgan fingerprint density at radius 3 is 2.58 bits per heavy atom. The number of furan rings is 1. The van der Waals surface area contributed by atoms with Gasteiger partial charge >= 0.3 is 11.9 Å². The Balaban J connectivity index is 2.52. The molecular formula is C21H30O5. The van der Waals surface area contributed by atoms with Crippen LogP contribution in [-0.2, 0) is 20.7 Å². The molecule has 1 aromatic heterocycles. The number of carbonyl (C=O) groups excluding carboxylic acids is 1. The lowest BCUT2D eigenvalue weighted by molar-refractivity contribution is -0.142. The number of hydrogen-bond donors (Lipinski definition) is 1. The number of methoxy groups -OCH3 is 1. The van der Waals surface area contributed by atoms with Gasteiger partial charge in [-0.05, 0) is 70.4 Å². The van der Waals surface area contributed by atoms with Crippen LogP contribution >= 0.6 is 0 Å². The second-order valence-corrected chi connectivity index (χ2v) is 6.68. The van der Waals surface area contributed by atoms with Crippen LogP contribution in [0.5, 0.6) is 0 Å². The molecule has 0 saturated carbocycles. The van der Waals surface area contributed by atoms with Crippen molar-refractivity contribution in [2.24, 2.45) is 5.92 Å². The molecule has 0 aliphatic heterocycles. The number of carboxylic acids is 1. The van der Waals surface area contributed by atoms with Gasteiger partial charge in [0.1, 0.15) is 0 Å². The highest BCUT2D eigenvalue weighted by atomic mass is 16.5. The molecule has 0 spiro atoms. The summed E-state index contributed by atoms with van der Waals surface area (Å²) in [6.45, 7) is 4.03. The van der Waals surface area contributed by atoms with Crippen LogP contribution in [-0.4, -0.2) is 24.2 Å². The van der Waals surface area contributed by atoms with Gasteiger partial charge in [-0.2, -0.15) is 0 Å². The molecule has 1 N–H and O–H groups in total. The average molecular weight is 362 g/mol. The van der Waals surface area contributed by atoms with Crippen molar-refractivity contribution in [3.05, 3.63) is 47.5 Å². The summed E-state index contributed by atoms with van der Waals surface area (Å²) in [5.74, 6) is -1.52. The molecule has 0 bridgehead atoms. The van der Waals surface area contributed by atoms with Crippen LogP contribution in [0.2, 0.25) is 0 Å². The zero-order valence-electron chi connectivity index (χ0n) is 16.0. The number of hydrogen-bond acceptors (Lipinski definition) is 4. The van der Waals surface area contributed by atoms with E-state index in [2.05, 4.69) is 6.08 Å². The molecule has 5 nitrogen and oxygen atoms in total. The zero-order valence-corrected chi connectivity index (χ0v) is 16.0. The van der Waals surface area contributed by atoms with E-state index in [0.29, 0.717) is 31.3 Å². The average Bonchev–Trinajstić information content (AvgIpc) is 3.11. The Morgan fingerprint density at radius 1 is 1.23 bits per heavy atom. The molecule has 1 aromatic rings. The molecule has 0 unspecified atom stereocenters. The van der Waals surface area contributed by atoms with E-state index in [4.69, 9.17) is 9.15 Å². The molecule has 0 aliphatic rings. The summed E-state index contributed by atoms with van der Waals surface area (Å²) in [4.78, 5) is 23.3. The molecule has 0 amide bonds. The minimum absolute atomic E-state index is 0.334. The summed E-state index contributed by atoms with van der Waals surface area (Å²) in [6.07, 6.45) is 11.9. The third-order valence-electron chi connectivity index (χ3n) is 4.27. The second kappa shape index (κ2) is 12.1. The summed E-state index contributed by atoms with van der Waals surface area (Å²) >= 11 is 0. The number of ether oxygens (including phenoxy) is 1. The molecule has 0 aliphatic carbocycles. The van der Waals surface area contributed by atoms with Gasteiger partial charge in [0.25, 0.3) is 0 Å². The fourth-order valence-electron chi connectivity index (χ4n) is 2.77. The van der Waals surface area contributed by atoms with Crippen LogP contribution in [0.25, 0.3) is 0 Å². The fourth-order valence-corrected chi connectivity index (χ4v) is 2.77. The Labute approximate surface area is 155 Å². The number of esters is 1. The van der Waals surface area contributed by atoms with Crippen molar-refractivity contribution >= 4 is 11.9 Å². The molecule has 0 aromatic carbocycles. The van der Waals surface area contributed by atoms with Gasteiger partial charge in [-0.1, -0.05) is 17.7 Å². The van der Waals surface area contributed by atoms with Gasteiger partial charge in [0.05, 0.1) is 25.6 Å². The number of aryl methyl sites for hydroxylation is 1. The lowest BCUT2D eigenvalue weighted by Crippen LogP contribution is -2.14. The van der Waals surface area contributed by atoms with Gasteiger partial charge in [-0.15, -0.1) is 0 Å². The topological polar surface area (TPSA) is 76.7 Å². The van der Waals surface area contributed by atoms with Gasteiger partial charge in [0, 0.05) is 5.57 Å². The van der Waals surface area contributed by atoms with Gasteiger partial charge < -0.3 is 14.3 Å². The monoisotopic (exact) mass is 362 g/mol. The van der Waals surface area contributed by atoms with Gasteiger partial charge in [0.15, 0.2) is 0 Å². The van der Waals surface area contributed by atoms with Gasteiger partial charge in [-0.25, -0.2) is 4.79 Å². The molecule has 1 atom stereocenters. The van der Waals surface area contributed by atoms with Crippen LogP contribution in [0, 0.1) is 5.92 Å². The van der Waals surface area contributed by atoms with E-state index in [9.17, 15) is 14.7 Å². The molecule has 144 valence electrons. The summed E-state index contributed by atoms with van der Waals surface area (Å²) in [5, 5.41) is 9.41. The summed E-state index contributed by atoms with van der Waals surface area (Å²) in [7, 11) is 1.37. The fraction of sp³-hybridized carbons (Fsp3) is 0.524. The molecule has 0 saturated heterocycles. The highest BCUT2D eigenvalue weighted by Crippen LogP contribution is 2.19. The molecule has 0 radical (unpaired) electrons. The molecule has 1 rings (SSSR count). The standard InChI is InChI=1S/C21H30O5/c1-16(2)7-4-11-19(21(24)25-3)12-6-10-18(20(22)23)9-5-8-17-13-14-26-15-17/h7,12-15,18H,4-6,8-11H2,1-3H3,(H,22,23)/t18-/m1/s1. The molecule has 0 fully saturated rings. The van der Waals surface area contributed by atoms with Crippen LogP contribution in [0.1, 0.15) is 57.9 Å². The maximum Gasteiger partial charge on any atom is 0.333 e. The quantitative estimate of drug-likeness (QED) is 0.324. The number of rotatable bonds is 12.